The number of nitrogens with one attached hydrogen (secondary N) is 1. The third kappa shape index (κ3) is 2.74. The van der Waals surface area contributed by atoms with Crippen LogP contribution in [0.5, 0.6) is 0 Å². The molecule has 0 amide bonds. The Morgan fingerprint density at radius 3 is 2.76 bits per heavy atom. The van der Waals surface area contributed by atoms with E-state index in [-0.39, 0.29) is 5.41 Å². The quantitative estimate of drug-likeness (QED) is 0.802. The standard InChI is InChI=1S/C15H20N6/c1-15(2,3)13-7-12-14(16-5-6-21(12)19-13)17-8-11-9-18-20(4)10-11/h5-7,9-10H,8H2,1-4H3,(H,16,17). The van der Waals surface area contributed by atoms with Gasteiger partial charge in [0.05, 0.1) is 11.9 Å². The Hall–Kier alpha value is -2.37. The summed E-state index contributed by atoms with van der Waals surface area (Å²) in [6, 6.07) is 2.10. The third-order valence-corrected chi connectivity index (χ3v) is 3.38. The number of aryl methyl sites for hydroxylation is 1. The second kappa shape index (κ2) is 4.87. The average Bonchev–Trinajstić information content (AvgIpc) is 3.01. The maximum Gasteiger partial charge on any atom is 0.152 e. The largest absolute Gasteiger partial charge is 0.364 e. The van der Waals surface area contributed by atoms with Crippen molar-refractivity contribution in [2.75, 3.05) is 5.32 Å². The van der Waals surface area contributed by atoms with E-state index in [0.29, 0.717) is 6.54 Å². The van der Waals surface area contributed by atoms with E-state index in [2.05, 4.69) is 47.3 Å². The average molecular weight is 284 g/mol. The molecule has 0 fully saturated rings. The minimum Gasteiger partial charge on any atom is -0.364 e. The first-order valence-electron chi connectivity index (χ1n) is 7.00. The number of anilines is 1. The van der Waals surface area contributed by atoms with Gasteiger partial charge in [0.2, 0.25) is 0 Å². The number of hydrogen-bond acceptors (Lipinski definition) is 4. The van der Waals surface area contributed by atoms with Crippen LogP contribution in [0.4, 0.5) is 5.82 Å². The Morgan fingerprint density at radius 1 is 1.29 bits per heavy atom. The molecular weight excluding hydrogens is 264 g/mol. The molecule has 0 aromatic carbocycles. The summed E-state index contributed by atoms with van der Waals surface area (Å²) in [4.78, 5) is 4.42. The molecule has 3 aromatic heterocycles. The molecule has 3 aromatic rings. The summed E-state index contributed by atoms with van der Waals surface area (Å²) in [5.74, 6) is 0.837. The molecule has 0 aliphatic rings. The number of rotatable bonds is 3. The Balaban J connectivity index is 1.89. The van der Waals surface area contributed by atoms with E-state index in [4.69, 9.17) is 0 Å². The summed E-state index contributed by atoms with van der Waals surface area (Å²) in [6.45, 7) is 7.16. The van der Waals surface area contributed by atoms with Crippen LogP contribution in [0.2, 0.25) is 0 Å². The fourth-order valence-corrected chi connectivity index (χ4v) is 2.17. The van der Waals surface area contributed by atoms with Crippen molar-refractivity contribution in [1.29, 1.82) is 0 Å². The Bertz CT molecular complexity index is 762. The van der Waals surface area contributed by atoms with Crippen LogP contribution in [-0.2, 0) is 19.0 Å². The number of hydrogen-bond donors (Lipinski definition) is 1. The van der Waals surface area contributed by atoms with Crippen LogP contribution in [0.15, 0.2) is 30.9 Å². The first-order valence-corrected chi connectivity index (χ1v) is 7.00. The Labute approximate surface area is 123 Å². The third-order valence-electron chi connectivity index (χ3n) is 3.38. The molecule has 0 bridgehead atoms. The molecule has 1 N–H and O–H groups in total. The van der Waals surface area contributed by atoms with Gasteiger partial charge in [0.1, 0.15) is 5.52 Å². The summed E-state index contributed by atoms with van der Waals surface area (Å²) in [6.07, 6.45) is 7.48. The van der Waals surface area contributed by atoms with Gasteiger partial charge in [0.25, 0.3) is 0 Å². The van der Waals surface area contributed by atoms with E-state index in [1.165, 1.54) is 0 Å². The van der Waals surface area contributed by atoms with E-state index in [1.807, 2.05) is 30.2 Å². The van der Waals surface area contributed by atoms with Gasteiger partial charge in [-0.05, 0) is 6.07 Å². The predicted octanol–water partition coefficient (Wildman–Crippen LogP) is 2.37. The molecule has 0 unspecified atom stereocenters. The molecule has 21 heavy (non-hydrogen) atoms. The number of nitrogens with zero attached hydrogens (tertiary/aromatic N) is 5. The van der Waals surface area contributed by atoms with Gasteiger partial charge in [-0.1, -0.05) is 20.8 Å². The smallest absolute Gasteiger partial charge is 0.152 e. The van der Waals surface area contributed by atoms with Crippen LogP contribution in [0.1, 0.15) is 32.0 Å². The van der Waals surface area contributed by atoms with Crippen molar-refractivity contribution in [3.05, 3.63) is 42.1 Å². The second-order valence-corrected chi connectivity index (χ2v) is 6.26. The first kappa shape index (κ1) is 13.6. The number of aromatic nitrogens is 5. The molecule has 6 nitrogen and oxygen atoms in total. The molecule has 3 rings (SSSR count). The van der Waals surface area contributed by atoms with Gasteiger partial charge < -0.3 is 5.32 Å². The Kier molecular flexibility index (Phi) is 3.16. The van der Waals surface area contributed by atoms with E-state index in [1.54, 1.807) is 10.9 Å². The lowest BCUT2D eigenvalue weighted by Gasteiger charge is -2.13. The van der Waals surface area contributed by atoms with Crippen LogP contribution in [0.3, 0.4) is 0 Å². The van der Waals surface area contributed by atoms with E-state index < -0.39 is 0 Å². The van der Waals surface area contributed by atoms with Crippen molar-refractivity contribution >= 4 is 11.3 Å². The maximum absolute atomic E-state index is 4.62. The molecule has 0 radical (unpaired) electrons. The lowest BCUT2D eigenvalue weighted by Crippen LogP contribution is -2.11. The molecular formula is C15H20N6. The van der Waals surface area contributed by atoms with Crippen LogP contribution in [0.25, 0.3) is 5.52 Å². The van der Waals surface area contributed by atoms with Gasteiger partial charge in [-0.2, -0.15) is 10.2 Å². The zero-order valence-electron chi connectivity index (χ0n) is 12.8. The predicted molar refractivity (Wildman–Crippen MR) is 82.2 cm³/mol. The minimum absolute atomic E-state index is 0.0205. The van der Waals surface area contributed by atoms with Crippen LogP contribution in [0, 0.1) is 0 Å². The highest BCUT2D eigenvalue weighted by molar-refractivity contribution is 5.68. The zero-order valence-corrected chi connectivity index (χ0v) is 12.8. The molecule has 0 saturated carbocycles. The highest BCUT2D eigenvalue weighted by Crippen LogP contribution is 2.24. The summed E-state index contributed by atoms with van der Waals surface area (Å²) < 4.78 is 3.67. The molecule has 0 aliphatic heterocycles. The van der Waals surface area contributed by atoms with Crippen LogP contribution in [-0.4, -0.2) is 24.4 Å². The normalized spacial score (nSPS) is 12.0. The molecule has 3 heterocycles. The van der Waals surface area contributed by atoms with Crippen molar-refractivity contribution < 1.29 is 0 Å². The summed E-state index contributed by atoms with van der Waals surface area (Å²) in [7, 11) is 1.91. The monoisotopic (exact) mass is 284 g/mol. The van der Waals surface area contributed by atoms with Crippen LogP contribution >= 0.6 is 0 Å². The second-order valence-electron chi connectivity index (χ2n) is 6.26. The van der Waals surface area contributed by atoms with Crippen molar-refractivity contribution in [2.45, 2.75) is 32.7 Å². The van der Waals surface area contributed by atoms with Gasteiger partial charge in [0.15, 0.2) is 5.82 Å². The van der Waals surface area contributed by atoms with Crippen molar-refractivity contribution in [1.82, 2.24) is 24.4 Å². The van der Waals surface area contributed by atoms with Gasteiger partial charge in [-0.15, -0.1) is 0 Å². The lowest BCUT2D eigenvalue weighted by molar-refractivity contribution is 0.562. The fraction of sp³-hybridized carbons (Fsp3) is 0.400. The summed E-state index contributed by atoms with van der Waals surface area (Å²) in [5.41, 5.74) is 3.19. The highest BCUT2D eigenvalue weighted by atomic mass is 15.3. The van der Waals surface area contributed by atoms with Gasteiger partial charge in [0, 0.05) is 43.2 Å². The molecule has 110 valence electrons. The maximum atomic E-state index is 4.62. The topological polar surface area (TPSA) is 60.0 Å². The van der Waals surface area contributed by atoms with E-state index in [0.717, 1.165) is 22.6 Å². The molecule has 0 saturated heterocycles. The number of fused-ring (bicyclic) bond motifs is 1. The SMILES string of the molecule is Cn1cc(CNc2nccn3nc(C(C)(C)C)cc23)cn1. The van der Waals surface area contributed by atoms with E-state index >= 15 is 0 Å². The minimum atomic E-state index is 0.0205. The first-order chi connectivity index (χ1) is 9.93. The zero-order chi connectivity index (χ0) is 15.0. The van der Waals surface area contributed by atoms with Gasteiger partial charge in [-0.3, -0.25) is 4.68 Å². The lowest BCUT2D eigenvalue weighted by atomic mass is 9.92. The van der Waals surface area contributed by atoms with E-state index in [9.17, 15) is 0 Å². The summed E-state index contributed by atoms with van der Waals surface area (Å²) >= 11 is 0. The van der Waals surface area contributed by atoms with Crippen molar-refractivity contribution in [2.24, 2.45) is 7.05 Å². The molecule has 0 aliphatic carbocycles. The highest BCUT2D eigenvalue weighted by Gasteiger charge is 2.19. The molecule has 0 atom stereocenters. The van der Waals surface area contributed by atoms with Crippen molar-refractivity contribution in [3.63, 3.8) is 0 Å². The Morgan fingerprint density at radius 2 is 2.10 bits per heavy atom. The van der Waals surface area contributed by atoms with Crippen molar-refractivity contribution in [3.8, 4) is 0 Å². The molecule has 0 spiro atoms. The van der Waals surface area contributed by atoms with Gasteiger partial charge >= 0.3 is 0 Å². The summed E-state index contributed by atoms with van der Waals surface area (Å²) in [5, 5.41) is 12.1. The molecule has 6 heteroatoms. The fourth-order valence-electron chi connectivity index (χ4n) is 2.17. The van der Waals surface area contributed by atoms with Gasteiger partial charge in [-0.25, -0.2) is 9.50 Å². The van der Waals surface area contributed by atoms with Crippen LogP contribution < -0.4 is 5.32 Å².